The van der Waals surface area contributed by atoms with E-state index in [4.69, 9.17) is 14.6 Å². The maximum Gasteiger partial charge on any atom is 0.358 e. The first kappa shape index (κ1) is 14.9. The van der Waals surface area contributed by atoms with E-state index >= 15 is 0 Å². The van der Waals surface area contributed by atoms with Gasteiger partial charge in [-0.05, 0) is 19.1 Å². The number of aromatic carboxylic acids is 1. The van der Waals surface area contributed by atoms with Crippen molar-refractivity contribution in [3.8, 4) is 5.75 Å². The Balaban J connectivity index is 2.63. The molecular formula is C12H16N2O5. The van der Waals surface area contributed by atoms with Crippen LogP contribution in [0.15, 0.2) is 18.3 Å². The second-order valence-corrected chi connectivity index (χ2v) is 3.70. The molecule has 2 N–H and O–H groups in total. The van der Waals surface area contributed by atoms with Crippen LogP contribution in [0.3, 0.4) is 0 Å². The summed E-state index contributed by atoms with van der Waals surface area (Å²) in [5, 5.41) is 11.5. The van der Waals surface area contributed by atoms with Crippen LogP contribution in [-0.2, 0) is 9.53 Å². The van der Waals surface area contributed by atoms with Crippen LogP contribution >= 0.6 is 0 Å². The Morgan fingerprint density at radius 2 is 2.26 bits per heavy atom. The summed E-state index contributed by atoms with van der Waals surface area (Å²) in [7, 11) is 1.53. The summed E-state index contributed by atoms with van der Waals surface area (Å²) in [5.74, 6) is -1.50. The highest BCUT2D eigenvalue weighted by molar-refractivity contribution is 5.88. The highest BCUT2D eigenvalue weighted by Crippen LogP contribution is 2.16. The molecule has 1 unspecified atom stereocenters. The van der Waals surface area contributed by atoms with Crippen molar-refractivity contribution in [3.05, 3.63) is 24.0 Å². The lowest BCUT2D eigenvalue weighted by molar-refractivity contribution is -0.127. The van der Waals surface area contributed by atoms with Crippen molar-refractivity contribution in [1.29, 1.82) is 0 Å². The number of carbonyl (C=O) groups is 2. The molecular weight excluding hydrogens is 252 g/mol. The monoisotopic (exact) mass is 268 g/mol. The van der Waals surface area contributed by atoms with E-state index in [9.17, 15) is 9.59 Å². The standard InChI is InChI=1S/C12H16N2O5/c1-8(11(15)14-6-7-18-2)19-9-4-3-5-13-10(9)12(16)17/h3-5,8H,6-7H2,1-2H3,(H,14,15)(H,16,17). The third kappa shape index (κ3) is 4.55. The van der Waals surface area contributed by atoms with Crippen molar-refractivity contribution in [2.24, 2.45) is 0 Å². The summed E-state index contributed by atoms with van der Waals surface area (Å²) in [6.07, 6.45) is 0.527. The van der Waals surface area contributed by atoms with Crippen LogP contribution < -0.4 is 10.1 Å². The van der Waals surface area contributed by atoms with Gasteiger partial charge in [0.1, 0.15) is 0 Å². The van der Waals surface area contributed by atoms with E-state index < -0.39 is 12.1 Å². The Morgan fingerprint density at radius 3 is 2.89 bits per heavy atom. The first-order chi connectivity index (χ1) is 9.06. The lowest BCUT2D eigenvalue weighted by atomic mass is 10.3. The third-order valence-corrected chi connectivity index (χ3v) is 2.25. The molecule has 0 radical (unpaired) electrons. The van der Waals surface area contributed by atoms with Gasteiger partial charge in [-0.3, -0.25) is 4.79 Å². The number of rotatable bonds is 7. The molecule has 1 aromatic rings. The number of hydrogen-bond acceptors (Lipinski definition) is 5. The number of carboxylic acids is 1. The van der Waals surface area contributed by atoms with Gasteiger partial charge in [0.15, 0.2) is 17.5 Å². The molecule has 0 aromatic carbocycles. The van der Waals surface area contributed by atoms with Crippen molar-refractivity contribution >= 4 is 11.9 Å². The second kappa shape index (κ2) is 7.32. The van der Waals surface area contributed by atoms with Gasteiger partial charge in [-0.25, -0.2) is 9.78 Å². The Hall–Kier alpha value is -2.15. The molecule has 0 aliphatic heterocycles. The smallest absolute Gasteiger partial charge is 0.358 e. The van der Waals surface area contributed by atoms with Gasteiger partial charge in [-0.1, -0.05) is 0 Å². The molecule has 7 nitrogen and oxygen atoms in total. The molecule has 1 heterocycles. The third-order valence-electron chi connectivity index (χ3n) is 2.25. The van der Waals surface area contributed by atoms with Crippen molar-refractivity contribution in [1.82, 2.24) is 10.3 Å². The van der Waals surface area contributed by atoms with E-state index in [-0.39, 0.29) is 17.4 Å². The molecule has 1 aromatic heterocycles. The highest BCUT2D eigenvalue weighted by Gasteiger charge is 2.18. The summed E-state index contributed by atoms with van der Waals surface area (Å²) in [6.45, 7) is 2.29. The van der Waals surface area contributed by atoms with E-state index in [2.05, 4.69) is 10.3 Å². The molecule has 104 valence electrons. The summed E-state index contributed by atoms with van der Waals surface area (Å²) in [6, 6.07) is 2.99. The number of methoxy groups -OCH3 is 1. The highest BCUT2D eigenvalue weighted by atomic mass is 16.5. The number of amides is 1. The van der Waals surface area contributed by atoms with Crippen LogP contribution in [0.4, 0.5) is 0 Å². The SMILES string of the molecule is COCCNC(=O)C(C)Oc1cccnc1C(=O)O. The molecule has 0 fully saturated rings. The Bertz CT molecular complexity index is 450. The maximum atomic E-state index is 11.6. The van der Waals surface area contributed by atoms with E-state index in [1.807, 2.05) is 0 Å². The van der Waals surface area contributed by atoms with E-state index in [1.165, 1.54) is 32.4 Å². The summed E-state index contributed by atoms with van der Waals surface area (Å²) in [5.41, 5.74) is -0.223. The lowest BCUT2D eigenvalue weighted by Crippen LogP contribution is -2.38. The van der Waals surface area contributed by atoms with E-state index in [0.29, 0.717) is 13.2 Å². The molecule has 0 bridgehead atoms. The average Bonchev–Trinajstić information content (AvgIpc) is 2.39. The molecule has 0 spiro atoms. The number of carboxylic acid groups (broad SMARTS) is 1. The molecule has 0 saturated heterocycles. The lowest BCUT2D eigenvalue weighted by Gasteiger charge is -2.15. The first-order valence-electron chi connectivity index (χ1n) is 5.68. The number of ether oxygens (including phenoxy) is 2. The summed E-state index contributed by atoms with van der Waals surface area (Å²) >= 11 is 0. The quantitative estimate of drug-likeness (QED) is 0.691. The molecule has 1 rings (SSSR count). The predicted molar refractivity (Wildman–Crippen MR) is 66.2 cm³/mol. The minimum atomic E-state index is -1.21. The summed E-state index contributed by atoms with van der Waals surface area (Å²) < 4.78 is 10.1. The van der Waals surface area contributed by atoms with Gasteiger partial charge < -0.3 is 19.9 Å². The second-order valence-electron chi connectivity index (χ2n) is 3.70. The Kier molecular flexibility index (Phi) is 5.74. The van der Waals surface area contributed by atoms with Crippen LogP contribution in [0, 0.1) is 0 Å². The largest absolute Gasteiger partial charge is 0.478 e. The molecule has 0 saturated carbocycles. The minimum Gasteiger partial charge on any atom is -0.478 e. The van der Waals surface area contributed by atoms with Gasteiger partial charge >= 0.3 is 5.97 Å². The number of carbonyl (C=O) groups excluding carboxylic acids is 1. The first-order valence-corrected chi connectivity index (χ1v) is 5.68. The summed E-state index contributed by atoms with van der Waals surface area (Å²) in [4.78, 5) is 26.3. The number of nitrogens with zero attached hydrogens (tertiary/aromatic N) is 1. The van der Waals surface area contributed by atoms with E-state index in [1.54, 1.807) is 0 Å². The van der Waals surface area contributed by atoms with Crippen LogP contribution in [0.25, 0.3) is 0 Å². The molecule has 1 amide bonds. The van der Waals surface area contributed by atoms with Gasteiger partial charge in [0.2, 0.25) is 0 Å². The number of pyridine rings is 1. The average molecular weight is 268 g/mol. The number of nitrogens with one attached hydrogen (secondary N) is 1. The van der Waals surface area contributed by atoms with Gasteiger partial charge in [0.25, 0.3) is 5.91 Å². The molecule has 1 atom stereocenters. The van der Waals surface area contributed by atoms with Crippen molar-refractivity contribution < 1.29 is 24.2 Å². The van der Waals surface area contributed by atoms with Crippen molar-refractivity contribution in [3.63, 3.8) is 0 Å². The van der Waals surface area contributed by atoms with Gasteiger partial charge in [-0.2, -0.15) is 0 Å². The fourth-order valence-corrected chi connectivity index (χ4v) is 1.31. The molecule has 0 aliphatic carbocycles. The van der Waals surface area contributed by atoms with Crippen LogP contribution in [-0.4, -0.2) is 48.3 Å². The zero-order valence-corrected chi connectivity index (χ0v) is 10.8. The fourth-order valence-electron chi connectivity index (χ4n) is 1.31. The van der Waals surface area contributed by atoms with Gasteiger partial charge in [-0.15, -0.1) is 0 Å². The minimum absolute atomic E-state index is 0.0596. The van der Waals surface area contributed by atoms with Crippen molar-refractivity contribution in [2.75, 3.05) is 20.3 Å². The Morgan fingerprint density at radius 1 is 1.53 bits per heavy atom. The number of aromatic nitrogens is 1. The number of hydrogen-bond donors (Lipinski definition) is 2. The van der Waals surface area contributed by atoms with E-state index in [0.717, 1.165) is 0 Å². The maximum absolute atomic E-state index is 11.6. The van der Waals surface area contributed by atoms with Crippen LogP contribution in [0.1, 0.15) is 17.4 Å². The van der Waals surface area contributed by atoms with Crippen molar-refractivity contribution in [2.45, 2.75) is 13.0 Å². The topological polar surface area (TPSA) is 97.8 Å². The zero-order chi connectivity index (χ0) is 14.3. The van der Waals surface area contributed by atoms with Gasteiger partial charge in [0, 0.05) is 19.9 Å². The molecule has 7 heteroatoms. The molecule has 0 aliphatic rings. The van der Waals surface area contributed by atoms with Crippen LogP contribution in [0.2, 0.25) is 0 Å². The normalized spacial score (nSPS) is 11.7. The zero-order valence-electron chi connectivity index (χ0n) is 10.8. The molecule has 19 heavy (non-hydrogen) atoms. The fraction of sp³-hybridized carbons (Fsp3) is 0.417. The predicted octanol–water partition coefficient (Wildman–Crippen LogP) is 0.310. The Labute approximate surface area is 110 Å². The van der Waals surface area contributed by atoms with Gasteiger partial charge in [0.05, 0.1) is 6.61 Å². The van der Waals surface area contributed by atoms with Crippen LogP contribution in [0.5, 0.6) is 5.75 Å².